The van der Waals surface area contributed by atoms with Crippen LogP contribution in [0.15, 0.2) is 61.2 Å². The summed E-state index contributed by atoms with van der Waals surface area (Å²) in [7, 11) is 1.50. The minimum absolute atomic E-state index is 0.0797. The first-order valence-corrected chi connectivity index (χ1v) is 19.1. The van der Waals surface area contributed by atoms with Crippen molar-refractivity contribution in [3.63, 3.8) is 0 Å². The third-order valence-electron chi connectivity index (χ3n) is 10.5. The van der Waals surface area contributed by atoms with Gasteiger partial charge in [0.15, 0.2) is 0 Å². The van der Waals surface area contributed by atoms with Crippen molar-refractivity contribution < 1.29 is 42.5 Å². The molecular formula is C42H55FN4O8. The Balaban J connectivity index is 1.28. The van der Waals surface area contributed by atoms with E-state index in [1.54, 1.807) is 45.6 Å². The number of rotatable bonds is 14. The van der Waals surface area contributed by atoms with Gasteiger partial charge in [-0.15, -0.1) is 0 Å². The van der Waals surface area contributed by atoms with Crippen LogP contribution < -0.4 is 10.6 Å². The minimum atomic E-state index is -0.996. The Hall–Kier alpha value is -4.91. The number of hydrogen-bond acceptors (Lipinski definition) is 8. The highest BCUT2D eigenvalue weighted by molar-refractivity contribution is 6.00. The molecule has 13 heteroatoms. The first kappa shape index (κ1) is 41.3. The molecule has 1 saturated carbocycles. The van der Waals surface area contributed by atoms with Crippen molar-refractivity contribution in [1.82, 2.24) is 15.2 Å². The molecule has 2 unspecified atom stereocenters. The second kappa shape index (κ2) is 18.1. The number of methoxy groups -OCH3 is 1. The van der Waals surface area contributed by atoms with Crippen molar-refractivity contribution in [3.05, 3.63) is 72.4 Å². The highest BCUT2D eigenvalue weighted by atomic mass is 19.1. The van der Waals surface area contributed by atoms with E-state index in [0.29, 0.717) is 50.0 Å². The van der Waals surface area contributed by atoms with Gasteiger partial charge in [-0.2, -0.15) is 0 Å². The Morgan fingerprint density at radius 1 is 1.00 bits per heavy atom. The van der Waals surface area contributed by atoms with Crippen molar-refractivity contribution in [2.24, 2.45) is 11.8 Å². The van der Waals surface area contributed by atoms with E-state index in [1.165, 1.54) is 7.11 Å². The van der Waals surface area contributed by atoms with Crippen LogP contribution in [0.4, 0.5) is 14.9 Å². The predicted molar refractivity (Wildman–Crippen MR) is 208 cm³/mol. The summed E-state index contributed by atoms with van der Waals surface area (Å²) >= 11 is 0. The maximum Gasteiger partial charge on any atom is 0.407 e. The van der Waals surface area contributed by atoms with E-state index in [1.807, 2.05) is 48.5 Å². The fraction of sp³-hybridized carbons (Fsp3) is 0.524. The smallest absolute Gasteiger partial charge is 0.407 e. The zero-order chi connectivity index (χ0) is 39.9. The number of aromatic amines is 1. The van der Waals surface area contributed by atoms with Gasteiger partial charge >= 0.3 is 12.1 Å². The van der Waals surface area contributed by atoms with Crippen LogP contribution in [0.3, 0.4) is 0 Å². The van der Waals surface area contributed by atoms with E-state index in [9.17, 15) is 23.6 Å². The van der Waals surface area contributed by atoms with Gasteiger partial charge in [-0.25, -0.2) is 9.18 Å². The molecule has 2 aliphatic rings. The van der Waals surface area contributed by atoms with E-state index in [4.69, 9.17) is 18.9 Å². The predicted octanol–water partition coefficient (Wildman–Crippen LogP) is 7.46. The lowest BCUT2D eigenvalue weighted by Gasteiger charge is -2.36. The number of amides is 3. The van der Waals surface area contributed by atoms with Crippen LogP contribution in [-0.2, 0) is 33.3 Å². The molecule has 5 atom stereocenters. The lowest BCUT2D eigenvalue weighted by atomic mass is 9.78. The van der Waals surface area contributed by atoms with Crippen LogP contribution in [0.2, 0.25) is 0 Å². The van der Waals surface area contributed by atoms with Crippen molar-refractivity contribution in [2.45, 2.75) is 109 Å². The Labute approximate surface area is 322 Å². The molecule has 5 rings (SSSR count). The number of halogens is 1. The molecule has 1 aliphatic heterocycles. The Kier molecular flexibility index (Phi) is 13.6. The van der Waals surface area contributed by atoms with Crippen LogP contribution >= 0.6 is 0 Å². The number of anilines is 1. The molecule has 12 nitrogen and oxygen atoms in total. The quantitative estimate of drug-likeness (QED) is 0.0871. The molecule has 1 aromatic heterocycles. The molecular weight excluding hydrogens is 707 g/mol. The molecule has 3 amide bonds. The third kappa shape index (κ3) is 10.4. The number of nitrogens with one attached hydrogen (secondary N) is 3. The average Bonchev–Trinajstić information content (AvgIpc) is 3.81. The van der Waals surface area contributed by atoms with Crippen molar-refractivity contribution in [2.75, 3.05) is 25.6 Å². The molecule has 1 aliphatic carbocycles. The van der Waals surface area contributed by atoms with Gasteiger partial charge in [0, 0.05) is 48.5 Å². The number of fused-ring (bicyclic) bond motifs is 1. The number of carbonyl (C=O) groups is 4. The van der Waals surface area contributed by atoms with Gasteiger partial charge < -0.3 is 39.5 Å². The second-order valence-corrected chi connectivity index (χ2v) is 15.5. The van der Waals surface area contributed by atoms with E-state index in [0.717, 1.165) is 16.5 Å². The normalized spacial score (nSPS) is 21.6. The number of hydrogen-bond donors (Lipinski definition) is 3. The standard InChI is InChI=1S/C42H55FN4O8/c1-8-36(48)54-40(26(3)52-7)53-25(2)34-23-30-22-31(18-19-33(30)45-34)44-38(49)37-32(27-12-10-9-11-13-27)20-21-47(37)39(50)29-16-14-28(15-17-29)35(24-43)46-41(51)55-42(4,5)6/h9-13,18-19,22-23,26,28-29,32,35,37,40,45H,2,8,14-17,20-21,24H2,1,3-7H3,(H,44,49)(H,46,51)/t26?,28?,29?,32-,35-,37+,40?/m1/s1. The van der Waals surface area contributed by atoms with E-state index in [2.05, 4.69) is 22.2 Å². The maximum atomic E-state index is 14.3. The van der Waals surface area contributed by atoms with Crippen LogP contribution in [0.25, 0.3) is 16.7 Å². The van der Waals surface area contributed by atoms with Crippen LogP contribution in [0.5, 0.6) is 0 Å². The minimum Gasteiger partial charge on any atom is -0.450 e. The second-order valence-electron chi connectivity index (χ2n) is 15.5. The van der Waals surface area contributed by atoms with Gasteiger partial charge in [0.2, 0.25) is 11.8 Å². The molecule has 0 radical (unpaired) electrons. The van der Waals surface area contributed by atoms with Crippen LogP contribution in [-0.4, -0.2) is 84.2 Å². The monoisotopic (exact) mass is 762 g/mol. The zero-order valence-electron chi connectivity index (χ0n) is 32.7. The summed E-state index contributed by atoms with van der Waals surface area (Å²) in [5.41, 5.74) is 2.17. The summed E-state index contributed by atoms with van der Waals surface area (Å²) in [6.45, 7) is 12.4. The molecule has 3 aromatic rings. The maximum absolute atomic E-state index is 14.3. The van der Waals surface area contributed by atoms with Crippen molar-refractivity contribution in [1.29, 1.82) is 0 Å². The summed E-state index contributed by atoms with van der Waals surface area (Å²) in [5, 5.41) is 6.54. The van der Waals surface area contributed by atoms with Crippen LogP contribution in [0, 0.1) is 11.8 Å². The van der Waals surface area contributed by atoms with Gasteiger partial charge in [0.1, 0.15) is 30.2 Å². The summed E-state index contributed by atoms with van der Waals surface area (Å²) in [6.07, 6.45) is 0.822. The van der Waals surface area contributed by atoms with Gasteiger partial charge in [-0.1, -0.05) is 43.8 Å². The largest absolute Gasteiger partial charge is 0.450 e. The molecule has 0 spiro atoms. The lowest BCUT2D eigenvalue weighted by molar-refractivity contribution is -0.186. The number of esters is 1. The SMILES string of the molecule is C=C(OC(OC(=O)CC)C(C)OC)c1cc2cc(NC(=O)[C@@H]3[C@@H](c4ccccc4)CCN3C(=O)C3CCC([C@@H](CF)NC(=O)OC(C)(C)C)CC3)ccc2[nH]1. The molecule has 55 heavy (non-hydrogen) atoms. The number of nitrogens with zero attached hydrogens (tertiary/aromatic N) is 1. The Bertz CT molecular complexity index is 1820. The third-order valence-corrected chi connectivity index (χ3v) is 10.5. The fourth-order valence-electron chi connectivity index (χ4n) is 7.48. The zero-order valence-corrected chi connectivity index (χ0v) is 32.7. The summed E-state index contributed by atoms with van der Waals surface area (Å²) < 4.78 is 36.1. The van der Waals surface area contributed by atoms with Gasteiger partial charge in [0.25, 0.3) is 6.29 Å². The Morgan fingerprint density at radius 2 is 1.71 bits per heavy atom. The molecule has 2 heterocycles. The van der Waals surface area contributed by atoms with Crippen molar-refractivity contribution >= 4 is 46.2 Å². The van der Waals surface area contributed by atoms with Gasteiger partial charge in [-0.05, 0) is 95.5 Å². The topological polar surface area (TPSA) is 148 Å². The molecule has 0 bridgehead atoms. The molecule has 298 valence electrons. The highest BCUT2D eigenvalue weighted by Gasteiger charge is 2.45. The number of ether oxygens (including phenoxy) is 4. The van der Waals surface area contributed by atoms with Gasteiger partial charge in [-0.3, -0.25) is 14.4 Å². The van der Waals surface area contributed by atoms with E-state index < -0.39 is 48.8 Å². The lowest BCUT2D eigenvalue weighted by Crippen LogP contribution is -2.49. The van der Waals surface area contributed by atoms with E-state index in [-0.39, 0.29) is 41.7 Å². The van der Waals surface area contributed by atoms with Gasteiger partial charge in [0.05, 0.1) is 11.7 Å². The average molecular weight is 763 g/mol. The first-order valence-electron chi connectivity index (χ1n) is 19.1. The summed E-state index contributed by atoms with van der Waals surface area (Å²) in [6, 6.07) is 15.6. The van der Waals surface area contributed by atoms with Crippen LogP contribution in [0.1, 0.15) is 90.3 Å². The molecule has 2 fully saturated rings. The Morgan fingerprint density at radius 3 is 2.35 bits per heavy atom. The summed E-state index contributed by atoms with van der Waals surface area (Å²) in [5.74, 6) is -1.20. The number of H-pyrrole nitrogens is 1. The number of likely N-dealkylation sites (tertiary alicyclic amines) is 1. The number of alkyl halides is 1. The van der Waals surface area contributed by atoms with E-state index >= 15 is 0 Å². The first-order chi connectivity index (χ1) is 26.2. The number of alkyl carbamates (subject to hydrolysis) is 1. The molecule has 3 N–H and O–H groups in total. The number of aromatic nitrogens is 1. The number of carbonyl (C=O) groups excluding carboxylic acids is 4. The summed E-state index contributed by atoms with van der Waals surface area (Å²) in [4.78, 5) is 57.8. The number of benzene rings is 2. The molecule has 2 aromatic carbocycles. The fourth-order valence-corrected chi connectivity index (χ4v) is 7.48. The molecule has 1 saturated heterocycles. The van der Waals surface area contributed by atoms with Crippen molar-refractivity contribution in [3.8, 4) is 0 Å². The highest BCUT2D eigenvalue weighted by Crippen LogP contribution is 2.39.